The smallest absolute Gasteiger partial charge is 0.138 e. The summed E-state index contributed by atoms with van der Waals surface area (Å²) in [5, 5.41) is 10.1. The topological polar surface area (TPSA) is 33.0 Å². The number of alkyl halides is 1. The summed E-state index contributed by atoms with van der Waals surface area (Å²) >= 11 is 9.51. The van der Waals surface area contributed by atoms with Gasteiger partial charge < -0.3 is 4.74 Å². The predicted molar refractivity (Wildman–Crippen MR) is 79.6 cm³/mol. The Labute approximate surface area is 125 Å². The van der Waals surface area contributed by atoms with Crippen LogP contribution in [0.15, 0.2) is 42.5 Å². The Morgan fingerprint density at radius 3 is 2.37 bits per heavy atom. The first-order valence-electron chi connectivity index (χ1n) is 5.69. The van der Waals surface area contributed by atoms with Crippen LogP contribution in [0.4, 0.5) is 0 Å². The highest BCUT2D eigenvalue weighted by Gasteiger charge is 2.03. The fraction of sp³-hybridized carbons (Fsp3) is 0.133. The molecule has 0 unspecified atom stereocenters. The lowest BCUT2D eigenvalue weighted by Gasteiger charge is -2.09. The van der Waals surface area contributed by atoms with E-state index >= 15 is 0 Å². The summed E-state index contributed by atoms with van der Waals surface area (Å²) in [7, 11) is 0. The number of hydrogen-bond donors (Lipinski definition) is 0. The van der Waals surface area contributed by atoms with Gasteiger partial charge in [-0.05, 0) is 35.4 Å². The summed E-state index contributed by atoms with van der Waals surface area (Å²) in [5.41, 5.74) is 2.75. The number of benzene rings is 2. The number of ether oxygens (including phenoxy) is 1. The summed E-state index contributed by atoms with van der Waals surface area (Å²) in [6, 6.07) is 15.1. The van der Waals surface area contributed by atoms with Gasteiger partial charge in [0.05, 0.1) is 16.7 Å². The van der Waals surface area contributed by atoms with Gasteiger partial charge in [0.25, 0.3) is 0 Å². The third-order valence-electron chi connectivity index (χ3n) is 2.63. The van der Waals surface area contributed by atoms with E-state index in [1.165, 1.54) is 0 Å². The molecule has 0 aliphatic carbocycles. The average molecular weight is 337 g/mol. The molecule has 0 saturated heterocycles. The van der Waals surface area contributed by atoms with E-state index in [9.17, 15) is 0 Å². The average Bonchev–Trinajstić information content (AvgIpc) is 2.46. The monoisotopic (exact) mass is 335 g/mol. The van der Waals surface area contributed by atoms with Crippen LogP contribution < -0.4 is 4.74 Å². The van der Waals surface area contributed by atoms with Crippen molar-refractivity contribution in [2.75, 3.05) is 0 Å². The first kappa shape index (κ1) is 13.9. The summed E-state index contributed by atoms with van der Waals surface area (Å²) in [6.07, 6.45) is 0. The third kappa shape index (κ3) is 3.73. The Hall–Kier alpha value is -1.50. The molecule has 0 atom stereocenters. The maximum Gasteiger partial charge on any atom is 0.138 e. The van der Waals surface area contributed by atoms with E-state index in [2.05, 4.69) is 22.0 Å². The fourth-order valence-electron chi connectivity index (χ4n) is 1.58. The lowest BCUT2D eigenvalue weighted by molar-refractivity contribution is 0.306. The third-order valence-corrected chi connectivity index (χ3v) is 3.57. The Kier molecular flexibility index (Phi) is 4.84. The van der Waals surface area contributed by atoms with Crippen molar-refractivity contribution in [2.24, 2.45) is 0 Å². The molecule has 0 aliphatic heterocycles. The predicted octanol–water partition coefficient (Wildman–Crippen LogP) is 4.69. The second-order valence-electron chi connectivity index (χ2n) is 4.00. The van der Waals surface area contributed by atoms with Gasteiger partial charge in [0, 0.05) is 5.33 Å². The minimum absolute atomic E-state index is 0.430. The molecule has 2 nitrogen and oxygen atoms in total. The molecule has 19 heavy (non-hydrogen) atoms. The second-order valence-corrected chi connectivity index (χ2v) is 4.96. The largest absolute Gasteiger partial charge is 0.487 e. The van der Waals surface area contributed by atoms with Gasteiger partial charge in [0.15, 0.2) is 0 Å². The molecule has 2 aromatic rings. The number of nitriles is 1. The SMILES string of the molecule is N#Cc1ccc(COc2ccc(CBr)cc2Cl)cc1. The van der Waals surface area contributed by atoms with E-state index in [0.717, 1.165) is 16.5 Å². The van der Waals surface area contributed by atoms with Gasteiger partial charge in [-0.2, -0.15) is 5.26 Å². The minimum atomic E-state index is 0.430. The zero-order valence-corrected chi connectivity index (χ0v) is 12.4. The van der Waals surface area contributed by atoms with Gasteiger partial charge >= 0.3 is 0 Å². The quantitative estimate of drug-likeness (QED) is 0.759. The first-order valence-corrected chi connectivity index (χ1v) is 7.19. The lowest BCUT2D eigenvalue weighted by Crippen LogP contribution is -1.96. The molecule has 0 bridgehead atoms. The van der Waals surface area contributed by atoms with Crippen LogP contribution >= 0.6 is 27.5 Å². The molecule has 2 rings (SSSR count). The maximum absolute atomic E-state index is 8.72. The van der Waals surface area contributed by atoms with Gasteiger partial charge in [-0.1, -0.05) is 45.7 Å². The number of hydrogen-bond acceptors (Lipinski definition) is 2. The van der Waals surface area contributed by atoms with Crippen LogP contribution in [0.5, 0.6) is 5.75 Å². The van der Waals surface area contributed by atoms with Gasteiger partial charge in [-0.15, -0.1) is 0 Å². The van der Waals surface area contributed by atoms with Crippen LogP contribution in [-0.2, 0) is 11.9 Å². The van der Waals surface area contributed by atoms with Gasteiger partial charge in [0.1, 0.15) is 12.4 Å². The van der Waals surface area contributed by atoms with Crippen molar-refractivity contribution in [3.63, 3.8) is 0 Å². The molecule has 0 N–H and O–H groups in total. The van der Waals surface area contributed by atoms with Gasteiger partial charge in [-0.3, -0.25) is 0 Å². The summed E-state index contributed by atoms with van der Waals surface area (Å²) < 4.78 is 5.67. The highest BCUT2D eigenvalue weighted by Crippen LogP contribution is 2.27. The van der Waals surface area contributed by atoms with Crippen molar-refractivity contribution in [2.45, 2.75) is 11.9 Å². The highest BCUT2D eigenvalue weighted by atomic mass is 79.9. The summed E-state index contributed by atoms with van der Waals surface area (Å²) in [6.45, 7) is 0.430. The molecule has 96 valence electrons. The van der Waals surface area contributed by atoms with Crippen LogP contribution in [0.2, 0.25) is 5.02 Å². The zero-order valence-electron chi connectivity index (χ0n) is 10.1. The van der Waals surface area contributed by atoms with Crippen LogP contribution in [0.3, 0.4) is 0 Å². The lowest BCUT2D eigenvalue weighted by atomic mass is 10.1. The van der Waals surface area contributed by atoms with Crippen molar-refractivity contribution < 1.29 is 4.74 Å². The van der Waals surface area contributed by atoms with Crippen LogP contribution in [0.1, 0.15) is 16.7 Å². The van der Waals surface area contributed by atoms with Crippen molar-refractivity contribution in [3.8, 4) is 11.8 Å². The van der Waals surface area contributed by atoms with Crippen LogP contribution in [0.25, 0.3) is 0 Å². The normalized spacial score (nSPS) is 9.95. The van der Waals surface area contributed by atoms with E-state index in [4.69, 9.17) is 21.6 Å². The first-order chi connectivity index (χ1) is 9.22. The molecule has 0 saturated carbocycles. The molecule has 0 aliphatic rings. The van der Waals surface area contributed by atoms with E-state index in [-0.39, 0.29) is 0 Å². The van der Waals surface area contributed by atoms with E-state index < -0.39 is 0 Å². The molecule has 0 radical (unpaired) electrons. The van der Waals surface area contributed by atoms with Crippen molar-refractivity contribution in [1.29, 1.82) is 5.26 Å². The van der Waals surface area contributed by atoms with E-state index in [0.29, 0.717) is 22.9 Å². The Balaban J connectivity index is 2.04. The number of nitrogens with zero attached hydrogens (tertiary/aromatic N) is 1. The zero-order chi connectivity index (χ0) is 13.7. The van der Waals surface area contributed by atoms with Crippen molar-refractivity contribution in [1.82, 2.24) is 0 Å². The van der Waals surface area contributed by atoms with Gasteiger partial charge in [0.2, 0.25) is 0 Å². The van der Waals surface area contributed by atoms with Crippen LogP contribution in [-0.4, -0.2) is 0 Å². The van der Waals surface area contributed by atoms with Crippen molar-refractivity contribution >= 4 is 27.5 Å². The standard InChI is InChI=1S/C15H11BrClNO/c16-8-13-5-6-15(14(17)7-13)19-10-12-3-1-11(9-18)2-4-12/h1-7H,8,10H2. The van der Waals surface area contributed by atoms with E-state index in [1.54, 1.807) is 12.1 Å². The molecule has 2 aromatic carbocycles. The molecular weight excluding hydrogens is 326 g/mol. The van der Waals surface area contributed by atoms with Crippen LogP contribution in [0, 0.1) is 11.3 Å². The minimum Gasteiger partial charge on any atom is -0.487 e. The molecule has 0 spiro atoms. The molecule has 0 fully saturated rings. The number of halogens is 2. The summed E-state index contributed by atoms with van der Waals surface area (Å²) in [5.74, 6) is 0.663. The fourth-order valence-corrected chi connectivity index (χ4v) is 2.19. The molecule has 0 heterocycles. The molecular formula is C15H11BrClNO. The second kappa shape index (κ2) is 6.60. The molecule has 0 amide bonds. The Morgan fingerprint density at radius 2 is 1.79 bits per heavy atom. The Morgan fingerprint density at radius 1 is 1.11 bits per heavy atom. The summed E-state index contributed by atoms with van der Waals surface area (Å²) in [4.78, 5) is 0. The number of rotatable bonds is 4. The van der Waals surface area contributed by atoms with E-state index in [1.807, 2.05) is 30.3 Å². The maximum atomic E-state index is 8.72. The molecule has 0 aromatic heterocycles. The highest BCUT2D eigenvalue weighted by molar-refractivity contribution is 9.08. The van der Waals surface area contributed by atoms with Gasteiger partial charge in [-0.25, -0.2) is 0 Å². The molecule has 4 heteroatoms. The van der Waals surface area contributed by atoms with Crippen molar-refractivity contribution in [3.05, 3.63) is 64.2 Å². The Bertz CT molecular complexity index is 605.